The topological polar surface area (TPSA) is 58.2 Å². The van der Waals surface area contributed by atoms with Gasteiger partial charge in [-0.3, -0.25) is 9.59 Å². The largest absolute Gasteiger partial charge is 0.352 e. The van der Waals surface area contributed by atoms with Gasteiger partial charge < -0.3 is 10.6 Å². The monoisotopic (exact) mass is 338 g/mol. The number of hydrogen-bond donors (Lipinski definition) is 2. The van der Waals surface area contributed by atoms with E-state index in [-0.39, 0.29) is 18.2 Å². The second-order valence-corrected chi connectivity index (χ2v) is 6.31. The van der Waals surface area contributed by atoms with Crippen molar-refractivity contribution in [2.24, 2.45) is 0 Å². The van der Waals surface area contributed by atoms with E-state index >= 15 is 0 Å². The standard InChI is InChI=1S/C21H26N2O2/c1-4-5-12-22-21(25)18-8-6-7-9-19(18)23-20(24)14-17-11-10-15(2)13-16(17)3/h6-11,13H,4-5,12,14H2,1-3H3,(H,22,25)(H,23,24). The van der Waals surface area contributed by atoms with Crippen molar-refractivity contribution in [3.05, 3.63) is 64.7 Å². The number of para-hydroxylation sites is 1. The summed E-state index contributed by atoms with van der Waals surface area (Å²) >= 11 is 0. The highest BCUT2D eigenvalue weighted by Crippen LogP contribution is 2.17. The van der Waals surface area contributed by atoms with Crippen LogP contribution in [-0.4, -0.2) is 18.4 Å². The fraction of sp³-hybridized carbons (Fsp3) is 0.333. The number of anilines is 1. The van der Waals surface area contributed by atoms with Gasteiger partial charge in [-0.2, -0.15) is 0 Å². The third-order valence-corrected chi connectivity index (χ3v) is 4.11. The van der Waals surface area contributed by atoms with Crippen LogP contribution >= 0.6 is 0 Å². The summed E-state index contributed by atoms with van der Waals surface area (Å²) < 4.78 is 0. The fourth-order valence-corrected chi connectivity index (χ4v) is 2.68. The third-order valence-electron chi connectivity index (χ3n) is 4.11. The highest BCUT2D eigenvalue weighted by Gasteiger charge is 2.13. The molecule has 0 heterocycles. The van der Waals surface area contributed by atoms with Crippen molar-refractivity contribution < 1.29 is 9.59 Å². The molecule has 0 aliphatic heterocycles. The van der Waals surface area contributed by atoms with Crippen LogP contribution in [0.5, 0.6) is 0 Å². The van der Waals surface area contributed by atoms with Crippen LogP contribution in [0.3, 0.4) is 0 Å². The lowest BCUT2D eigenvalue weighted by atomic mass is 10.0. The molecule has 4 heteroatoms. The lowest BCUT2D eigenvalue weighted by Crippen LogP contribution is -2.26. The Hall–Kier alpha value is -2.62. The summed E-state index contributed by atoms with van der Waals surface area (Å²) in [5, 5.41) is 5.76. The van der Waals surface area contributed by atoms with Gasteiger partial charge in [0.05, 0.1) is 17.7 Å². The van der Waals surface area contributed by atoms with Gasteiger partial charge in [0.1, 0.15) is 0 Å². The molecule has 0 unspecified atom stereocenters. The van der Waals surface area contributed by atoms with E-state index in [4.69, 9.17) is 0 Å². The van der Waals surface area contributed by atoms with Crippen molar-refractivity contribution in [1.29, 1.82) is 0 Å². The quantitative estimate of drug-likeness (QED) is 0.749. The van der Waals surface area contributed by atoms with Crippen LogP contribution in [0.25, 0.3) is 0 Å². The van der Waals surface area contributed by atoms with Crippen LogP contribution in [0.2, 0.25) is 0 Å². The molecular weight excluding hydrogens is 312 g/mol. The molecule has 132 valence electrons. The normalized spacial score (nSPS) is 10.4. The second-order valence-electron chi connectivity index (χ2n) is 6.31. The van der Waals surface area contributed by atoms with E-state index in [1.165, 1.54) is 5.56 Å². The Morgan fingerprint density at radius 1 is 1.04 bits per heavy atom. The lowest BCUT2D eigenvalue weighted by Gasteiger charge is -2.12. The molecule has 2 N–H and O–H groups in total. The average molecular weight is 338 g/mol. The highest BCUT2D eigenvalue weighted by atomic mass is 16.2. The molecule has 0 atom stereocenters. The number of nitrogens with one attached hydrogen (secondary N) is 2. The number of unbranched alkanes of at least 4 members (excludes halogenated alkanes) is 1. The number of carbonyl (C=O) groups is 2. The summed E-state index contributed by atoms with van der Waals surface area (Å²) in [5.74, 6) is -0.281. The Kier molecular flexibility index (Phi) is 6.75. The first-order chi connectivity index (χ1) is 12.0. The van der Waals surface area contributed by atoms with Crippen molar-refractivity contribution >= 4 is 17.5 Å². The van der Waals surface area contributed by atoms with E-state index in [1.807, 2.05) is 32.0 Å². The van der Waals surface area contributed by atoms with Crippen LogP contribution in [0.4, 0.5) is 5.69 Å². The van der Waals surface area contributed by atoms with Crippen molar-refractivity contribution in [2.75, 3.05) is 11.9 Å². The molecule has 0 radical (unpaired) electrons. The summed E-state index contributed by atoms with van der Waals surface area (Å²) in [6.45, 7) is 6.75. The predicted octanol–water partition coefficient (Wildman–Crippen LogP) is 4.01. The zero-order chi connectivity index (χ0) is 18.2. The van der Waals surface area contributed by atoms with E-state index in [0.717, 1.165) is 24.0 Å². The summed E-state index contributed by atoms with van der Waals surface area (Å²) in [6, 6.07) is 13.2. The Labute approximate surface area is 149 Å². The number of aryl methyl sites for hydroxylation is 2. The summed E-state index contributed by atoms with van der Waals surface area (Å²) in [4.78, 5) is 24.7. The van der Waals surface area contributed by atoms with Crippen molar-refractivity contribution in [2.45, 2.75) is 40.0 Å². The Balaban J connectivity index is 2.06. The van der Waals surface area contributed by atoms with E-state index in [1.54, 1.807) is 18.2 Å². The van der Waals surface area contributed by atoms with Gasteiger partial charge in [0, 0.05) is 6.54 Å². The smallest absolute Gasteiger partial charge is 0.253 e. The molecule has 0 aromatic heterocycles. The fourth-order valence-electron chi connectivity index (χ4n) is 2.68. The maximum absolute atomic E-state index is 12.4. The first-order valence-corrected chi connectivity index (χ1v) is 8.74. The number of amides is 2. The van der Waals surface area contributed by atoms with Crippen LogP contribution in [0.1, 0.15) is 46.8 Å². The first kappa shape index (κ1) is 18.7. The zero-order valence-electron chi connectivity index (χ0n) is 15.2. The average Bonchev–Trinajstić information content (AvgIpc) is 2.58. The Morgan fingerprint density at radius 3 is 2.52 bits per heavy atom. The van der Waals surface area contributed by atoms with Crippen molar-refractivity contribution in [3.63, 3.8) is 0 Å². The molecule has 0 spiro atoms. The molecule has 0 saturated carbocycles. The zero-order valence-corrected chi connectivity index (χ0v) is 15.2. The van der Waals surface area contributed by atoms with E-state index in [9.17, 15) is 9.59 Å². The van der Waals surface area contributed by atoms with Crippen LogP contribution in [0.15, 0.2) is 42.5 Å². The number of carbonyl (C=O) groups excluding carboxylic acids is 2. The number of rotatable bonds is 7. The van der Waals surface area contributed by atoms with Gasteiger partial charge >= 0.3 is 0 Å². The van der Waals surface area contributed by atoms with Gasteiger partial charge in [-0.25, -0.2) is 0 Å². The van der Waals surface area contributed by atoms with E-state index < -0.39 is 0 Å². The molecule has 25 heavy (non-hydrogen) atoms. The minimum Gasteiger partial charge on any atom is -0.352 e. The molecule has 0 saturated heterocycles. The van der Waals surface area contributed by atoms with E-state index in [2.05, 4.69) is 23.6 Å². The molecule has 0 aliphatic rings. The van der Waals surface area contributed by atoms with E-state index in [0.29, 0.717) is 17.8 Å². The molecule has 0 bridgehead atoms. The number of benzene rings is 2. The first-order valence-electron chi connectivity index (χ1n) is 8.74. The molecule has 0 fully saturated rings. The van der Waals surface area contributed by atoms with Crippen LogP contribution in [-0.2, 0) is 11.2 Å². The SMILES string of the molecule is CCCCNC(=O)c1ccccc1NC(=O)Cc1ccc(C)cc1C. The summed E-state index contributed by atoms with van der Waals surface area (Å²) in [7, 11) is 0. The number of hydrogen-bond acceptors (Lipinski definition) is 2. The lowest BCUT2D eigenvalue weighted by molar-refractivity contribution is -0.115. The van der Waals surface area contributed by atoms with Gasteiger partial charge in [0.2, 0.25) is 5.91 Å². The highest BCUT2D eigenvalue weighted by molar-refractivity contribution is 6.04. The third kappa shape index (κ3) is 5.45. The molecule has 2 amide bonds. The van der Waals surface area contributed by atoms with Crippen molar-refractivity contribution in [3.8, 4) is 0 Å². The van der Waals surface area contributed by atoms with Gasteiger partial charge in [-0.1, -0.05) is 49.2 Å². The van der Waals surface area contributed by atoms with Crippen LogP contribution < -0.4 is 10.6 Å². The molecule has 2 aromatic rings. The Morgan fingerprint density at radius 2 is 1.80 bits per heavy atom. The molecule has 2 aromatic carbocycles. The molecule has 2 rings (SSSR count). The molecule has 4 nitrogen and oxygen atoms in total. The summed E-state index contributed by atoms with van der Waals surface area (Å²) in [5.41, 5.74) is 4.31. The maximum atomic E-state index is 12.4. The van der Waals surface area contributed by atoms with Crippen LogP contribution in [0, 0.1) is 13.8 Å². The minimum absolute atomic E-state index is 0.124. The second kappa shape index (κ2) is 9.02. The maximum Gasteiger partial charge on any atom is 0.253 e. The predicted molar refractivity (Wildman–Crippen MR) is 102 cm³/mol. The molecule has 0 aliphatic carbocycles. The van der Waals surface area contributed by atoms with Gasteiger partial charge in [0.25, 0.3) is 5.91 Å². The summed E-state index contributed by atoms with van der Waals surface area (Å²) in [6.07, 6.45) is 2.25. The minimum atomic E-state index is -0.157. The van der Waals surface area contributed by atoms with Crippen molar-refractivity contribution in [1.82, 2.24) is 5.32 Å². The Bertz CT molecular complexity index is 753. The van der Waals surface area contributed by atoms with Gasteiger partial charge in [0.15, 0.2) is 0 Å². The molecular formula is C21H26N2O2. The van der Waals surface area contributed by atoms with Gasteiger partial charge in [-0.05, 0) is 43.5 Å². The van der Waals surface area contributed by atoms with Gasteiger partial charge in [-0.15, -0.1) is 0 Å².